The summed E-state index contributed by atoms with van der Waals surface area (Å²) >= 11 is 14.2. The molecule has 0 aliphatic rings. The van der Waals surface area contributed by atoms with Crippen molar-refractivity contribution in [2.75, 3.05) is 7.05 Å². The van der Waals surface area contributed by atoms with Crippen LogP contribution in [0.3, 0.4) is 0 Å². The first kappa shape index (κ1) is 14.9. The number of benzene rings is 1. The highest BCUT2D eigenvalue weighted by molar-refractivity contribution is 7.12. The van der Waals surface area contributed by atoms with Gasteiger partial charge in [-0.2, -0.15) is 0 Å². The van der Waals surface area contributed by atoms with Gasteiger partial charge >= 0.3 is 0 Å². The van der Waals surface area contributed by atoms with E-state index in [1.807, 2.05) is 36.6 Å². The second kappa shape index (κ2) is 6.27. The van der Waals surface area contributed by atoms with E-state index in [0.717, 1.165) is 12.0 Å². The number of likely N-dealkylation sites (N-methyl/N-ethyl adjacent to an activating group) is 1. The van der Waals surface area contributed by atoms with Crippen LogP contribution in [0.15, 0.2) is 24.3 Å². The van der Waals surface area contributed by atoms with Crippen molar-refractivity contribution in [2.24, 2.45) is 0 Å². The van der Waals surface area contributed by atoms with Crippen LogP contribution >= 0.6 is 34.5 Å². The van der Waals surface area contributed by atoms with E-state index in [0.29, 0.717) is 10.0 Å². The Hall–Kier alpha value is -0.540. The Morgan fingerprint density at radius 1 is 1.26 bits per heavy atom. The van der Waals surface area contributed by atoms with Gasteiger partial charge in [0.25, 0.3) is 0 Å². The van der Waals surface area contributed by atoms with Crippen LogP contribution in [0, 0.1) is 13.8 Å². The molecule has 2 rings (SSSR count). The van der Waals surface area contributed by atoms with Crippen LogP contribution in [0.1, 0.15) is 26.9 Å². The Morgan fingerprint density at radius 2 is 2.00 bits per heavy atom. The zero-order valence-corrected chi connectivity index (χ0v) is 13.6. The number of hydrogen-bond acceptors (Lipinski definition) is 2. The van der Waals surface area contributed by atoms with Gasteiger partial charge in [0.15, 0.2) is 0 Å². The lowest BCUT2D eigenvalue weighted by Crippen LogP contribution is -2.17. The molecule has 2 aromatic rings. The maximum atomic E-state index is 6.26. The monoisotopic (exact) mass is 313 g/mol. The summed E-state index contributed by atoms with van der Waals surface area (Å²) in [6.07, 6.45) is 0.843. The van der Waals surface area contributed by atoms with Crippen LogP contribution in [-0.2, 0) is 6.42 Å². The molecule has 102 valence electrons. The van der Waals surface area contributed by atoms with Crippen molar-refractivity contribution in [2.45, 2.75) is 26.3 Å². The summed E-state index contributed by atoms with van der Waals surface area (Å²) in [4.78, 5) is 2.71. The molecule has 0 saturated carbocycles. The number of aryl methyl sites for hydroxylation is 2. The number of rotatable bonds is 4. The quantitative estimate of drug-likeness (QED) is 0.820. The van der Waals surface area contributed by atoms with Crippen LogP contribution in [-0.4, -0.2) is 7.05 Å². The molecule has 1 unspecified atom stereocenters. The summed E-state index contributed by atoms with van der Waals surface area (Å²) in [5.41, 5.74) is 2.43. The maximum Gasteiger partial charge on any atom is 0.0624 e. The van der Waals surface area contributed by atoms with Gasteiger partial charge in [0.2, 0.25) is 0 Å². The molecule has 0 radical (unpaired) electrons. The Balaban J connectivity index is 2.26. The number of halogens is 2. The third-order valence-corrected chi connectivity index (χ3v) is 5.46. The fourth-order valence-electron chi connectivity index (χ4n) is 2.04. The molecule has 4 heteroatoms. The van der Waals surface area contributed by atoms with E-state index in [2.05, 4.69) is 25.2 Å². The van der Waals surface area contributed by atoms with E-state index in [4.69, 9.17) is 23.2 Å². The van der Waals surface area contributed by atoms with Crippen molar-refractivity contribution >= 4 is 34.5 Å². The number of nitrogens with one attached hydrogen (secondary N) is 1. The molecule has 1 aromatic heterocycles. The van der Waals surface area contributed by atoms with Gasteiger partial charge in [0, 0.05) is 15.8 Å². The second-order valence-corrected chi connectivity index (χ2v) is 6.72. The molecule has 0 aliphatic heterocycles. The predicted octanol–water partition coefficient (Wildman–Crippen LogP) is 5.17. The molecular formula is C15H17Cl2NS. The first-order chi connectivity index (χ1) is 9.02. The van der Waals surface area contributed by atoms with E-state index in [9.17, 15) is 0 Å². The van der Waals surface area contributed by atoms with Crippen molar-refractivity contribution < 1.29 is 0 Å². The Morgan fingerprint density at radius 3 is 2.58 bits per heavy atom. The fourth-order valence-corrected chi connectivity index (χ4v) is 3.59. The van der Waals surface area contributed by atoms with Crippen LogP contribution in [0.4, 0.5) is 0 Å². The molecule has 19 heavy (non-hydrogen) atoms. The zero-order valence-electron chi connectivity index (χ0n) is 11.3. The van der Waals surface area contributed by atoms with E-state index >= 15 is 0 Å². The van der Waals surface area contributed by atoms with Crippen LogP contribution in [0.2, 0.25) is 10.0 Å². The van der Waals surface area contributed by atoms with E-state index in [-0.39, 0.29) is 6.04 Å². The SMILES string of the molecule is CNC(Cc1cccc(Cl)c1Cl)c1cc(C)c(C)s1. The molecule has 0 fully saturated rings. The Bertz CT molecular complexity index is 558. The van der Waals surface area contributed by atoms with Crippen LogP contribution in [0.25, 0.3) is 0 Å². The molecule has 0 aliphatic carbocycles. The lowest BCUT2D eigenvalue weighted by Gasteiger charge is -2.16. The summed E-state index contributed by atoms with van der Waals surface area (Å²) in [5, 5.41) is 4.64. The topological polar surface area (TPSA) is 12.0 Å². The summed E-state index contributed by atoms with van der Waals surface area (Å²) in [6, 6.07) is 8.32. The van der Waals surface area contributed by atoms with Crippen molar-refractivity contribution in [3.8, 4) is 0 Å². The van der Waals surface area contributed by atoms with Gasteiger partial charge in [-0.25, -0.2) is 0 Å². The molecule has 0 spiro atoms. The number of hydrogen-bond donors (Lipinski definition) is 1. The lowest BCUT2D eigenvalue weighted by molar-refractivity contribution is 0.602. The van der Waals surface area contributed by atoms with E-state index in [1.165, 1.54) is 15.3 Å². The fraction of sp³-hybridized carbons (Fsp3) is 0.333. The smallest absolute Gasteiger partial charge is 0.0624 e. The van der Waals surface area contributed by atoms with Gasteiger partial charge < -0.3 is 5.32 Å². The standard InChI is InChI=1S/C15H17Cl2NS/c1-9-7-14(19-10(9)2)13(18-3)8-11-5-4-6-12(16)15(11)17/h4-7,13,18H,8H2,1-3H3. The average molecular weight is 314 g/mol. The molecule has 0 saturated heterocycles. The molecule has 1 N–H and O–H groups in total. The van der Waals surface area contributed by atoms with Crippen LogP contribution in [0.5, 0.6) is 0 Å². The van der Waals surface area contributed by atoms with Gasteiger partial charge in [0.1, 0.15) is 0 Å². The number of thiophene rings is 1. The van der Waals surface area contributed by atoms with E-state index in [1.54, 1.807) is 0 Å². The molecule has 1 atom stereocenters. The average Bonchev–Trinajstić information content (AvgIpc) is 2.71. The molecule has 1 heterocycles. The largest absolute Gasteiger partial charge is 0.312 e. The summed E-state index contributed by atoms with van der Waals surface area (Å²) in [7, 11) is 1.98. The molecule has 1 aromatic carbocycles. The highest BCUT2D eigenvalue weighted by Gasteiger charge is 2.16. The molecule has 0 amide bonds. The van der Waals surface area contributed by atoms with Gasteiger partial charge in [0.05, 0.1) is 10.0 Å². The van der Waals surface area contributed by atoms with Gasteiger partial charge in [-0.1, -0.05) is 35.3 Å². The van der Waals surface area contributed by atoms with Crippen molar-refractivity contribution in [3.05, 3.63) is 55.2 Å². The van der Waals surface area contributed by atoms with Crippen molar-refractivity contribution in [3.63, 3.8) is 0 Å². The molecular weight excluding hydrogens is 297 g/mol. The third-order valence-electron chi connectivity index (χ3n) is 3.33. The first-order valence-electron chi connectivity index (χ1n) is 6.20. The van der Waals surface area contributed by atoms with E-state index < -0.39 is 0 Å². The highest BCUT2D eigenvalue weighted by Crippen LogP contribution is 2.32. The van der Waals surface area contributed by atoms with Crippen molar-refractivity contribution in [1.29, 1.82) is 0 Å². The third kappa shape index (κ3) is 3.32. The summed E-state index contributed by atoms with van der Waals surface area (Å²) in [6.45, 7) is 4.30. The summed E-state index contributed by atoms with van der Waals surface area (Å²) < 4.78 is 0. The lowest BCUT2D eigenvalue weighted by atomic mass is 10.0. The second-order valence-electron chi connectivity index (χ2n) is 4.65. The van der Waals surface area contributed by atoms with Gasteiger partial charge in [-0.15, -0.1) is 11.3 Å². The predicted molar refractivity (Wildman–Crippen MR) is 85.8 cm³/mol. The Kier molecular flexibility index (Phi) is 4.91. The first-order valence-corrected chi connectivity index (χ1v) is 7.77. The van der Waals surface area contributed by atoms with Crippen molar-refractivity contribution in [1.82, 2.24) is 5.32 Å². The zero-order chi connectivity index (χ0) is 14.0. The Labute approximate surface area is 128 Å². The minimum Gasteiger partial charge on any atom is -0.312 e. The summed E-state index contributed by atoms with van der Waals surface area (Å²) in [5.74, 6) is 0. The maximum absolute atomic E-state index is 6.26. The van der Waals surface area contributed by atoms with Gasteiger partial charge in [-0.05, 0) is 50.6 Å². The molecule has 0 bridgehead atoms. The van der Waals surface area contributed by atoms with Crippen LogP contribution < -0.4 is 5.32 Å². The minimum absolute atomic E-state index is 0.272. The highest BCUT2D eigenvalue weighted by atomic mass is 35.5. The molecule has 1 nitrogen and oxygen atoms in total. The normalized spacial score (nSPS) is 12.7. The minimum atomic E-state index is 0.272. The van der Waals surface area contributed by atoms with Gasteiger partial charge in [-0.3, -0.25) is 0 Å².